The number of primary amides is 1. The molecular formula is C26H26BrFN6O6S. The lowest BCUT2D eigenvalue weighted by Crippen LogP contribution is -2.50. The van der Waals surface area contributed by atoms with Crippen LogP contribution in [0.1, 0.15) is 57.8 Å². The molecule has 0 spiro atoms. The first-order chi connectivity index (χ1) is 19.4. The minimum absolute atomic E-state index is 0.127. The van der Waals surface area contributed by atoms with E-state index in [-0.39, 0.29) is 36.2 Å². The van der Waals surface area contributed by atoms with Crippen LogP contribution >= 0.6 is 15.9 Å². The van der Waals surface area contributed by atoms with Gasteiger partial charge in [-0.2, -0.15) is 0 Å². The van der Waals surface area contributed by atoms with Crippen molar-refractivity contribution in [3.8, 4) is 0 Å². The molecule has 3 aromatic rings. The van der Waals surface area contributed by atoms with E-state index in [1.54, 1.807) is 31.2 Å². The lowest BCUT2D eigenvalue weighted by molar-refractivity contribution is -0.125. The number of nitrogens with zero attached hydrogens (tertiary/aromatic N) is 4. The zero-order valence-electron chi connectivity index (χ0n) is 21.8. The number of benzene rings is 2. The fraction of sp³-hybridized carbons (Fsp3) is 0.308. The number of rotatable bonds is 12. The van der Waals surface area contributed by atoms with Crippen LogP contribution in [0, 0.1) is 5.82 Å². The van der Waals surface area contributed by atoms with Gasteiger partial charge in [0.25, 0.3) is 11.8 Å². The standard InChI is InChI=1S/C26H26BrFN6O6S/c1-15(18-7-6-16(27)12-21(18)28)33-13-17(31-32-33)14-41(39,40)11-10-30-24(36)22(8-9-23(29)35)34-25(37)19-4-2-3-5-20(19)26(34)38/h2-7,12-13,15,22H,8-11,14H2,1H3,(H2,29,35)(H,30,36)/t15-,22?/m1/s1. The van der Waals surface area contributed by atoms with Gasteiger partial charge in [0.05, 0.1) is 40.6 Å². The molecule has 15 heteroatoms. The minimum Gasteiger partial charge on any atom is -0.370 e. The van der Waals surface area contributed by atoms with Gasteiger partial charge in [-0.05, 0) is 37.6 Å². The van der Waals surface area contributed by atoms with Gasteiger partial charge in [0.2, 0.25) is 11.8 Å². The van der Waals surface area contributed by atoms with Gasteiger partial charge < -0.3 is 11.1 Å². The summed E-state index contributed by atoms with van der Waals surface area (Å²) in [6.45, 7) is 1.36. The van der Waals surface area contributed by atoms with Crippen LogP contribution in [-0.4, -0.2) is 70.3 Å². The van der Waals surface area contributed by atoms with Crippen LogP contribution in [0.2, 0.25) is 0 Å². The summed E-state index contributed by atoms with van der Waals surface area (Å²) in [5.74, 6) is -4.33. The van der Waals surface area contributed by atoms with Crippen molar-refractivity contribution in [3.05, 3.63) is 81.3 Å². The summed E-state index contributed by atoms with van der Waals surface area (Å²) in [7, 11) is -3.79. The summed E-state index contributed by atoms with van der Waals surface area (Å²) >= 11 is 3.20. The van der Waals surface area contributed by atoms with Crippen molar-refractivity contribution in [2.24, 2.45) is 5.73 Å². The number of carbonyl (C=O) groups is 4. The molecule has 2 atom stereocenters. The Bertz CT molecular complexity index is 1590. The highest BCUT2D eigenvalue weighted by atomic mass is 79.9. The van der Waals surface area contributed by atoms with Crippen molar-refractivity contribution < 1.29 is 32.0 Å². The van der Waals surface area contributed by atoms with Crippen LogP contribution in [-0.2, 0) is 25.2 Å². The number of sulfone groups is 1. The van der Waals surface area contributed by atoms with Crippen molar-refractivity contribution in [2.45, 2.75) is 37.6 Å². The molecule has 1 aliphatic heterocycles. The lowest BCUT2D eigenvalue weighted by Gasteiger charge is -2.25. The third-order valence-electron chi connectivity index (χ3n) is 6.55. The lowest BCUT2D eigenvalue weighted by atomic mass is 10.1. The first-order valence-electron chi connectivity index (χ1n) is 12.5. The maximum Gasteiger partial charge on any atom is 0.262 e. The quantitative estimate of drug-likeness (QED) is 0.279. The van der Waals surface area contributed by atoms with Crippen LogP contribution in [0.15, 0.2) is 53.1 Å². The van der Waals surface area contributed by atoms with Gasteiger partial charge in [0, 0.05) is 23.0 Å². The number of halogens is 2. The van der Waals surface area contributed by atoms with Crippen LogP contribution < -0.4 is 11.1 Å². The van der Waals surface area contributed by atoms with Gasteiger partial charge in [-0.25, -0.2) is 17.5 Å². The Labute approximate surface area is 243 Å². The van der Waals surface area contributed by atoms with Crippen LogP contribution in [0.25, 0.3) is 0 Å². The van der Waals surface area contributed by atoms with Crippen molar-refractivity contribution in [1.29, 1.82) is 0 Å². The highest BCUT2D eigenvalue weighted by Gasteiger charge is 2.42. The van der Waals surface area contributed by atoms with E-state index in [1.165, 1.54) is 29.1 Å². The van der Waals surface area contributed by atoms with E-state index < -0.39 is 62.9 Å². The van der Waals surface area contributed by atoms with E-state index in [2.05, 4.69) is 31.6 Å². The highest BCUT2D eigenvalue weighted by Crippen LogP contribution is 2.26. The van der Waals surface area contributed by atoms with Gasteiger partial charge in [-0.3, -0.25) is 24.1 Å². The number of fused-ring (bicyclic) bond motifs is 1. The zero-order valence-corrected chi connectivity index (χ0v) is 24.2. The molecule has 12 nitrogen and oxygen atoms in total. The van der Waals surface area contributed by atoms with Gasteiger partial charge in [-0.1, -0.05) is 39.3 Å². The number of nitrogens with two attached hydrogens (primary N) is 1. The van der Waals surface area contributed by atoms with Crippen molar-refractivity contribution in [3.63, 3.8) is 0 Å². The third kappa shape index (κ3) is 6.85. The van der Waals surface area contributed by atoms with Gasteiger partial charge in [0.15, 0.2) is 9.84 Å². The molecule has 41 heavy (non-hydrogen) atoms. The average molecular weight is 649 g/mol. The number of aromatic nitrogens is 3. The Kier molecular flexibility index (Phi) is 8.97. The smallest absolute Gasteiger partial charge is 0.262 e. The highest BCUT2D eigenvalue weighted by molar-refractivity contribution is 9.10. The molecule has 2 heterocycles. The fourth-order valence-electron chi connectivity index (χ4n) is 4.44. The molecule has 4 amide bonds. The Morgan fingerprint density at radius 3 is 2.39 bits per heavy atom. The van der Waals surface area contributed by atoms with Gasteiger partial charge >= 0.3 is 0 Å². The van der Waals surface area contributed by atoms with E-state index in [0.29, 0.717) is 10.0 Å². The molecule has 0 bridgehead atoms. The minimum atomic E-state index is -3.79. The van der Waals surface area contributed by atoms with E-state index in [1.807, 2.05) is 0 Å². The molecule has 2 aromatic carbocycles. The number of imide groups is 1. The summed E-state index contributed by atoms with van der Waals surface area (Å²) in [5, 5.41) is 10.3. The van der Waals surface area contributed by atoms with Crippen LogP contribution in [0.4, 0.5) is 4.39 Å². The Morgan fingerprint density at radius 2 is 1.78 bits per heavy atom. The SMILES string of the molecule is C[C@H](c1ccc(Br)cc1F)n1cc(CS(=O)(=O)CCNC(=O)C(CCC(N)=O)N2C(=O)c3ccccc3C2=O)nn1. The number of amides is 4. The predicted molar refractivity (Wildman–Crippen MR) is 148 cm³/mol. The molecule has 0 aliphatic carbocycles. The zero-order chi connectivity index (χ0) is 29.9. The number of hydrogen-bond donors (Lipinski definition) is 2. The van der Waals surface area contributed by atoms with Gasteiger partial charge in [-0.15, -0.1) is 5.10 Å². The van der Waals surface area contributed by atoms with E-state index in [9.17, 15) is 32.0 Å². The van der Waals surface area contributed by atoms with Crippen LogP contribution in [0.3, 0.4) is 0 Å². The predicted octanol–water partition coefficient (Wildman–Crippen LogP) is 1.75. The first-order valence-corrected chi connectivity index (χ1v) is 15.1. The summed E-state index contributed by atoms with van der Waals surface area (Å²) in [4.78, 5) is 50.9. The van der Waals surface area contributed by atoms with Crippen molar-refractivity contribution >= 4 is 49.4 Å². The first kappa shape index (κ1) is 30.0. The summed E-state index contributed by atoms with van der Waals surface area (Å²) in [6, 6.07) is 8.74. The normalized spacial score (nSPS) is 14.6. The molecule has 1 unspecified atom stereocenters. The van der Waals surface area contributed by atoms with Crippen molar-refractivity contribution in [1.82, 2.24) is 25.2 Å². The maximum absolute atomic E-state index is 14.3. The second kappa shape index (κ2) is 12.3. The molecule has 3 N–H and O–H groups in total. The van der Waals surface area contributed by atoms with E-state index in [4.69, 9.17) is 5.73 Å². The van der Waals surface area contributed by atoms with Crippen molar-refractivity contribution in [2.75, 3.05) is 12.3 Å². The molecule has 4 rings (SSSR count). The molecule has 1 aliphatic rings. The Balaban J connectivity index is 1.38. The second-order valence-electron chi connectivity index (χ2n) is 9.46. The Morgan fingerprint density at radius 1 is 1.12 bits per heavy atom. The molecular weight excluding hydrogens is 623 g/mol. The summed E-state index contributed by atoms with van der Waals surface area (Å²) < 4.78 is 41.8. The maximum atomic E-state index is 14.3. The average Bonchev–Trinajstić information content (AvgIpc) is 3.46. The molecule has 0 radical (unpaired) electrons. The van der Waals surface area contributed by atoms with E-state index in [0.717, 1.165) is 4.90 Å². The third-order valence-corrected chi connectivity index (χ3v) is 8.61. The van der Waals surface area contributed by atoms with Crippen LogP contribution in [0.5, 0.6) is 0 Å². The molecule has 0 saturated carbocycles. The Hall–Kier alpha value is -3.98. The number of nitrogens with one attached hydrogen (secondary N) is 1. The number of carbonyl (C=O) groups excluding carboxylic acids is 4. The second-order valence-corrected chi connectivity index (χ2v) is 12.6. The monoisotopic (exact) mass is 648 g/mol. The molecule has 1 aromatic heterocycles. The summed E-state index contributed by atoms with van der Waals surface area (Å²) in [6.07, 6.45) is 0.909. The molecule has 0 saturated heterocycles. The van der Waals surface area contributed by atoms with Gasteiger partial charge in [0.1, 0.15) is 11.9 Å². The molecule has 216 valence electrons. The van der Waals surface area contributed by atoms with E-state index >= 15 is 0 Å². The topological polar surface area (TPSA) is 174 Å². The molecule has 0 fully saturated rings. The number of hydrogen-bond acceptors (Lipinski definition) is 8. The summed E-state index contributed by atoms with van der Waals surface area (Å²) in [5.41, 5.74) is 5.95. The fourth-order valence-corrected chi connectivity index (χ4v) is 5.92. The largest absolute Gasteiger partial charge is 0.370 e.